The summed E-state index contributed by atoms with van der Waals surface area (Å²) in [6.45, 7) is 0.890. The summed E-state index contributed by atoms with van der Waals surface area (Å²) in [4.78, 5) is 13.5. The number of carbonyl (C=O) groups is 1. The molecule has 0 heterocycles. The van der Waals surface area contributed by atoms with Gasteiger partial charge in [0.1, 0.15) is 6.04 Å². The van der Waals surface area contributed by atoms with E-state index in [1.807, 2.05) is 0 Å². The summed E-state index contributed by atoms with van der Waals surface area (Å²) in [6, 6.07) is 0.796. The van der Waals surface area contributed by atoms with Crippen molar-refractivity contribution in [3.8, 4) is 0 Å². The van der Waals surface area contributed by atoms with E-state index in [0.29, 0.717) is 12.1 Å². The highest BCUT2D eigenvalue weighted by molar-refractivity contribution is 5.73. The Morgan fingerprint density at radius 1 is 1.35 bits per heavy atom. The first-order valence-electron chi connectivity index (χ1n) is 6.86. The average molecular weight is 240 g/mol. The molecular weight excluding hydrogens is 216 g/mol. The molecule has 17 heavy (non-hydrogen) atoms. The van der Waals surface area contributed by atoms with Gasteiger partial charge in [-0.05, 0) is 39.2 Å². The van der Waals surface area contributed by atoms with Crippen molar-refractivity contribution in [2.45, 2.75) is 63.1 Å². The Morgan fingerprint density at radius 2 is 2.00 bits per heavy atom. The van der Waals surface area contributed by atoms with Crippen LogP contribution in [0.2, 0.25) is 0 Å². The van der Waals surface area contributed by atoms with Gasteiger partial charge in [-0.3, -0.25) is 4.79 Å². The predicted octanol–water partition coefficient (Wildman–Crippen LogP) is 1.46. The standard InChI is InChI=1S/C13H24N2O2/c1-15(11-4-2-3-5-11)9-8-12(13(16)17)14-10-6-7-10/h10-12,14H,2-9H2,1H3,(H,16,17). The van der Waals surface area contributed by atoms with Crippen LogP contribution in [0.3, 0.4) is 0 Å². The van der Waals surface area contributed by atoms with E-state index in [-0.39, 0.29) is 6.04 Å². The van der Waals surface area contributed by atoms with E-state index in [1.165, 1.54) is 25.7 Å². The Balaban J connectivity index is 1.71. The molecule has 2 aliphatic carbocycles. The minimum Gasteiger partial charge on any atom is -0.480 e. The molecule has 1 unspecified atom stereocenters. The Labute approximate surface area is 103 Å². The topological polar surface area (TPSA) is 52.6 Å². The lowest BCUT2D eigenvalue weighted by molar-refractivity contribution is -0.139. The lowest BCUT2D eigenvalue weighted by Crippen LogP contribution is -2.41. The zero-order valence-corrected chi connectivity index (χ0v) is 10.7. The Kier molecular flexibility index (Phi) is 4.40. The van der Waals surface area contributed by atoms with Gasteiger partial charge in [-0.2, -0.15) is 0 Å². The molecule has 2 rings (SSSR count). The molecule has 2 fully saturated rings. The highest BCUT2D eigenvalue weighted by Crippen LogP contribution is 2.23. The van der Waals surface area contributed by atoms with Crippen LogP contribution >= 0.6 is 0 Å². The number of rotatable bonds is 7. The number of aliphatic carboxylic acids is 1. The molecule has 0 aromatic rings. The van der Waals surface area contributed by atoms with Gasteiger partial charge in [-0.15, -0.1) is 0 Å². The van der Waals surface area contributed by atoms with Gasteiger partial charge >= 0.3 is 5.97 Å². The van der Waals surface area contributed by atoms with E-state index in [1.54, 1.807) is 0 Å². The second-order valence-electron chi connectivity index (χ2n) is 5.54. The number of hydrogen-bond donors (Lipinski definition) is 2. The lowest BCUT2D eigenvalue weighted by atomic mass is 10.1. The number of carboxylic acid groups (broad SMARTS) is 1. The minimum absolute atomic E-state index is 0.355. The fraction of sp³-hybridized carbons (Fsp3) is 0.923. The second kappa shape index (κ2) is 5.83. The molecule has 0 radical (unpaired) electrons. The van der Waals surface area contributed by atoms with Crippen LogP contribution in [0, 0.1) is 0 Å². The van der Waals surface area contributed by atoms with E-state index in [4.69, 9.17) is 5.11 Å². The summed E-state index contributed by atoms with van der Waals surface area (Å²) < 4.78 is 0. The van der Waals surface area contributed by atoms with E-state index in [0.717, 1.165) is 25.8 Å². The van der Waals surface area contributed by atoms with Crippen molar-refractivity contribution in [3.63, 3.8) is 0 Å². The maximum Gasteiger partial charge on any atom is 0.320 e. The fourth-order valence-electron chi connectivity index (χ4n) is 2.67. The summed E-state index contributed by atoms with van der Waals surface area (Å²) in [5.41, 5.74) is 0. The molecule has 4 nitrogen and oxygen atoms in total. The quantitative estimate of drug-likeness (QED) is 0.707. The third-order valence-electron chi connectivity index (χ3n) is 4.03. The molecule has 98 valence electrons. The van der Waals surface area contributed by atoms with E-state index < -0.39 is 5.97 Å². The van der Waals surface area contributed by atoms with E-state index in [9.17, 15) is 4.79 Å². The molecule has 2 saturated carbocycles. The smallest absolute Gasteiger partial charge is 0.320 e. The Morgan fingerprint density at radius 3 is 2.53 bits per heavy atom. The maximum atomic E-state index is 11.1. The molecule has 0 amide bonds. The normalized spacial score (nSPS) is 23.2. The summed E-state index contributed by atoms with van der Waals surface area (Å²) in [6.07, 6.45) is 8.23. The molecule has 0 aromatic heterocycles. The minimum atomic E-state index is -0.697. The molecule has 1 atom stereocenters. The number of nitrogens with zero attached hydrogens (tertiary/aromatic N) is 1. The highest BCUT2D eigenvalue weighted by atomic mass is 16.4. The SMILES string of the molecule is CN(CCC(NC1CC1)C(=O)O)C1CCCC1. The van der Waals surface area contributed by atoms with E-state index in [2.05, 4.69) is 17.3 Å². The predicted molar refractivity (Wildman–Crippen MR) is 67.1 cm³/mol. The first-order chi connectivity index (χ1) is 8.16. The van der Waals surface area contributed by atoms with Gasteiger partial charge in [0.05, 0.1) is 0 Å². The maximum absolute atomic E-state index is 11.1. The van der Waals surface area contributed by atoms with Gasteiger partial charge in [-0.25, -0.2) is 0 Å². The van der Waals surface area contributed by atoms with Crippen LogP contribution in [-0.4, -0.2) is 47.7 Å². The zero-order valence-electron chi connectivity index (χ0n) is 10.7. The molecule has 2 N–H and O–H groups in total. The monoisotopic (exact) mass is 240 g/mol. The largest absolute Gasteiger partial charge is 0.480 e. The van der Waals surface area contributed by atoms with Crippen LogP contribution < -0.4 is 5.32 Å². The average Bonchev–Trinajstić information content (AvgIpc) is 2.94. The highest BCUT2D eigenvalue weighted by Gasteiger charge is 2.28. The van der Waals surface area contributed by atoms with Crippen molar-refractivity contribution in [2.24, 2.45) is 0 Å². The van der Waals surface area contributed by atoms with Gasteiger partial charge in [0, 0.05) is 18.6 Å². The zero-order chi connectivity index (χ0) is 12.3. The number of carboxylic acids is 1. The van der Waals surface area contributed by atoms with Crippen molar-refractivity contribution < 1.29 is 9.90 Å². The van der Waals surface area contributed by atoms with Gasteiger partial charge in [0.25, 0.3) is 0 Å². The fourth-order valence-corrected chi connectivity index (χ4v) is 2.67. The molecular formula is C13H24N2O2. The van der Waals surface area contributed by atoms with Crippen LogP contribution in [0.1, 0.15) is 44.9 Å². The summed E-state index contributed by atoms with van der Waals surface area (Å²) in [7, 11) is 2.13. The molecule has 0 spiro atoms. The van der Waals surface area contributed by atoms with Crippen molar-refractivity contribution >= 4 is 5.97 Å². The number of nitrogens with one attached hydrogen (secondary N) is 1. The van der Waals surface area contributed by atoms with Crippen LogP contribution in [0.15, 0.2) is 0 Å². The second-order valence-corrected chi connectivity index (χ2v) is 5.54. The van der Waals surface area contributed by atoms with Crippen LogP contribution in [0.25, 0.3) is 0 Å². The van der Waals surface area contributed by atoms with Crippen LogP contribution in [0.5, 0.6) is 0 Å². The molecule has 0 saturated heterocycles. The van der Waals surface area contributed by atoms with Crippen molar-refractivity contribution in [3.05, 3.63) is 0 Å². The third kappa shape index (κ3) is 3.96. The van der Waals surface area contributed by atoms with Gasteiger partial charge < -0.3 is 15.3 Å². The molecule has 0 aromatic carbocycles. The summed E-state index contributed by atoms with van der Waals surface area (Å²) >= 11 is 0. The first-order valence-corrected chi connectivity index (χ1v) is 6.86. The van der Waals surface area contributed by atoms with E-state index >= 15 is 0 Å². The summed E-state index contributed by atoms with van der Waals surface area (Å²) in [5.74, 6) is -0.697. The molecule has 4 heteroatoms. The van der Waals surface area contributed by atoms with Crippen molar-refractivity contribution in [1.29, 1.82) is 0 Å². The Bertz CT molecular complexity index is 260. The molecule has 0 aliphatic heterocycles. The van der Waals surface area contributed by atoms with Gasteiger partial charge in [0.15, 0.2) is 0 Å². The van der Waals surface area contributed by atoms with Crippen LogP contribution in [-0.2, 0) is 4.79 Å². The molecule has 0 bridgehead atoms. The Hall–Kier alpha value is -0.610. The van der Waals surface area contributed by atoms with Gasteiger partial charge in [0.2, 0.25) is 0 Å². The first kappa shape index (κ1) is 12.8. The lowest BCUT2D eigenvalue weighted by Gasteiger charge is -2.25. The van der Waals surface area contributed by atoms with Crippen molar-refractivity contribution in [1.82, 2.24) is 10.2 Å². The van der Waals surface area contributed by atoms with Gasteiger partial charge in [-0.1, -0.05) is 12.8 Å². The number of hydrogen-bond acceptors (Lipinski definition) is 3. The molecule has 2 aliphatic rings. The summed E-state index contributed by atoms with van der Waals surface area (Å²) in [5, 5.41) is 12.4. The van der Waals surface area contributed by atoms with Crippen molar-refractivity contribution in [2.75, 3.05) is 13.6 Å². The third-order valence-corrected chi connectivity index (χ3v) is 4.03. The van der Waals surface area contributed by atoms with Crippen LogP contribution in [0.4, 0.5) is 0 Å².